The molecule has 0 saturated carbocycles. The summed E-state index contributed by atoms with van der Waals surface area (Å²) in [6.07, 6.45) is 3.28. The van der Waals surface area contributed by atoms with Crippen molar-refractivity contribution in [3.05, 3.63) is 35.7 Å². The average Bonchev–Trinajstić information content (AvgIpc) is 3.13. The standard InChI is InChI=1S/C17H20N8O/c1-11-2-3-13(18)12(8-11)9-21-24-17-22-15-14(19-10-20-15)16(23-17)25-4-6-26-7-5-25/h2-3,8-10H,4-7,18H2,1H3,(H2,19,20,22,23,24)/b21-9+. The monoisotopic (exact) mass is 352 g/mol. The Morgan fingerprint density at radius 2 is 2.15 bits per heavy atom. The summed E-state index contributed by atoms with van der Waals surface area (Å²) in [4.78, 5) is 18.5. The number of nitrogens with two attached hydrogens (primary N) is 1. The second kappa shape index (κ2) is 6.96. The lowest BCUT2D eigenvalue weighted by atomic mass is 10.1. The van der Waals surface area contributed by atoms with Gasteiger partial charge >= 0.3 is 0 Å². The van der Waals surface area contributed by atoms with Crippen LogP contribution < -0.4 is 16.1 Å². The number of ether oxygens (including phenoxy) is 1. The maximum atomic E-state index is 5.97. The molecular formula is C17H20N8O. The van der Waals surface area contributed by atoms with Crippen molar-refractivity contribution < 1.29 is 4.74 Å². The highest BCUT2D eigenvalue weighted by Gasteiger charge is 2.18. The molecule has 0 bridgehead atoms. The summed E-state index contributed by atoms with van der Waals surface area (Å²) in [6, 6.07) is 5.79. The fourth-order valence-electron chi connectivity index (χ4n) is 2.84. The Labute approximate surface area is 150 Å². The fraction of sp³-hybridized carbons (Fsp3) is 0.294. The first-order chi connectivity index (χ1) is 12.7. The number of imidazole rings is 1. The topological polar surface area (TPSA) is 117 Å². The minimum atomic E-state index is 0.383. The van der Waals surface area contributed by atoms with Gasteiger partial charge in [0.1, 0.15) is 5.52 Å². The van der Waals surface area contributed by atoms with Gasteiger partial charge in [-0.25, -0.2) is 10.4 Å². The van der Waals surface area contributed by atoms with E-state index in [9.17, 15) is 0 Å². The summed E-state index contributed by atoms with van der Waals surface area (Å²) in [7, 11) is 0. The molecule has 9 nitrogen and oxygen atoms in total. The van der Waals surface area contributed by atoms with Gasteiger partial charge in [-0.05, 0) is 19.1 Å². The van der Waals surface area contributed by atoms with E-state index < -0.39 is 0 Å². The zero-order valence-electron chi connectivity index (χ0n) is 14.4. The van der Waals surface area contributed by atoms with Gasteiger partial charge in [0.15, 0.2) is 11.5 Å². The van der Waals surface area contributed by atoms with E-state index in [1.54, 1.807) is 12.5 Å². The number of hydrogen-bond donors (Lipinski definition) is 3. The number of morpholine rings is 1. The number of H-pyrrole nitrogens is 1. The lowest BCUT2D eigenvalue weighted by molar-refractivity contribution is 0.122. The molecule has 0 atom stereocenters. The number of anilines is 3. The highest BCUT2D eigenvalue weighted by atomic mass is 16.5. The number of aryl methyl sites for hydroxylation is 1. The molecule has 26 heavy (non-hydrogen) atoms. The van der Waals surface area contributed by atoms with Gasteiger partial charge in [-0.2, -0.15) is 15.1 Å². The van der Waals surface area contributed by atoms with Crippen LogP contribution in [0.5, 0.6) is 0 Å². The largest absolute Gasteiger partial charge is 0.398 e. The molecule has 1 saturated heterocycles. The van der Waals surface area contributed by atoms with Crippen LogP contribution in [0.4, 0.5) is 17.5 Å². The second-order valence-corrected chi connectivity index (χ2v) is 6.07. The smallest absolute Gasteiger partial charge is 0.247 e. The van der Waals surface area contributed by atoms with Crippen molar-refractivity contribution in [3.8, 4) is 0 Å². The van der Waals surface area contributed by atoms with E-state index in [1.165, 1.54) is 0 Å². The van der Waals surface area contributed by atoms with E-state index in [0.29, 0.717) is 30.5 Å². The highest BCUT2D eigenvalue weighted by molar-refractivity contribution is 5.88. The molecule has 2 aromatic heterocycles. The van der Waals surface area contributed by atoms with Crippen molar-refractivity contribution in [2.75, 3.05) is 42.4 Å². The van der Waals surface area contributed by atoms with Gasteiger partial charge in [0.2, 0.25) is 5.95 Å². The lowest BCUT2D eigenvalue weighted by Gasteiger charge is -2.28. The summed E-state index contributed by atoms with van der Waals surface area (Å²) < 4.78 is 5.42. The second-order valence-electron chi connectivity index (χ2n) is 6.07. The molecule has 1 aromatic carbocycles. The van der Waals surface area contributed by atoms with Crippen LogP contribution in [0.25, 0.3) is 11.2 Å². The number of fused-ring (bicyclic) bond motifs is 1. The minimum absolute atomic E-state index is 0.383. The SMILES string of the molecule is Cc1ccc(N)c(/C=N/Nc2nc(N3CCOCC3)c3[nH]cnc3n2)c1. The van der Waals surface area contributed by atoms with Crippen molar-refractivity contribution in [3.63, 3.8) is 0 Å². The van der Waals surface area contributed by atoms with E-state index in [-0.39, 0.29) is 0 Å². The Hall–Kier alpha value is -3.20. The third-order valence-corrected chi connectivity index (χ3v) is 4.19. The third-order valence-electron chi connectivity index (χ3n) is 4.19. The number of hydrazone groups is 1. The van der Waals surface area contributed by atoms with Gasteiger partial charge in [-0.15, -0.1) is 0 Å². The van der Waals surface area contributed by atoms with Gasteiger partial charge in [-0.1, -0.05) is 11.6 Å². The molecule has 0 unspecified atom stereocenters. The summed E-state index contributed by atoms with van der Waals surface area (Å²) >= 11 is 0. The molecule has 3 heterocycles. The first kappa shape index (κ1) is 16.3. The number of benzene rings is 1. The van der Waals surface area contributed by atoms with E-state index >= 15 is 0 Å². The van der Waals surface area contributed by atoms with Crippen LogP contribution in [-0.4, -0.2) is 52.5 Å². The number of aromatic amines is 1. The molecule has 9 heteroatoms. The maximum Gasteiger partial charge on any atom is 0.247 e. The molecule has 1 aliphatic heterocycles. The third kappa shape index (κ3) is 3.29. The number of hydrogen-bond acceptors (Lipinski definition) is 8. The Bertz CT molecular complexity index is 945. The highest BCUT2D eigenvalue weighted by Crippen LogP contribution is 2.23. The van der Waals surface area contributed by atoms with Crippen molar-refractivity contribution in [1.29, 1.82) is 0 Å². The summed E-state index contributed by atoms with van der Waals surface area (Å²) in [5, 5.41) is 4.23. The average molecular weight is 352 g/mol. The lowest BCUT2D eigenvalue weighted by Crippen LogP contribution is -2.37. The number of aromatic nitrogens is 4. The normalized spacial score (nSPS) is 15.0. The van der Waals surface area contributed by atoms with Crippen LogP contribution in [0.3, 0.4) is 0 Å². The van der Waals surface area contributed by atoms with Crippen LogP contribution in [0.15, 0.2) is 29.6 Å². The summed E-state index contributed by atoms with van der Waals surface area (Å²) in [5.74, 6) is 1.18. The summed E-state index contributed by atoms with van der Waals surface area (Å²) in [6.45, 7) is 4.90. The minimum Gasteiger partial charge on any atom is -0.398 e. The molecule has 1 fully saturated rings. The zero-order valence-corrected chi connectivity index (χ0v) is 14.4. The van der Waals surface area contributed by atoms with Crippen LogP contribution in [-0.2, 0) is 4.74 Å². The molecular weight excluding hydrogens is 332 g/mol. The Kier molecular flexibility index (Phi) is 4.36. The predicted molar refractivity (Wildman–Crippen MR) is 102 cm³/mol. The van der Waals surface area contributed by atoms with Crippen LogP contribution in [0, 0.1) is 6.92 Å². The quantitative estimate of drug-likeness (QED) is 0.370. The van der Waals surface area contributed by atoms with Crippen LogP contribution in [0.2, 0.25) is 0 Å². The van der Waals surface area contributed by atoms with Crippen molar-refractivity contribution in [1.82, 2.24) is 19.9 Å². The van der Waals surface area contributed by atoms with E-state index in [4.69, 9.17) is 10.5 Å². The van der Waals surface area contributed by atoms with E-state index in [2.05, 4.69) is 35.4 Å². The Balaban J connectivity index is 1.60. The maximum absolute atomic E-state index is 5.97. The predicted octanol–water partition coefficient (Wildman–Crippen LogP) is 1.53. The molecule has 1 aliphatic rings. The van der Waals surface area contributed by atoms with Crippen molar-refractivity contribution >= 4 is 34.8 Å². The number of nitrogen functional groups attached to an aromatic ring is 1. The number of nitrogens with one attached hydrogen (secondary N) is 2. The molecule has 0 spiro atoms. The first-order valence-electron chi connectivity index (χ1n) is 8.40. The first-order valence-corrected chi connectivity index (χ1v) is 8.40. The van der Waals surface area contributed by atoms with Gasteiger partial charge in [0.05, 0.1) is 25.8 Å². The van der Waals surface area contributed by atoms with Crippen molar-refractivity contribution in [2.45, 2.75) is 6.92 Å². The van der Waals surface area contributed by atoms with Gasteiger partial charge < -0.3 is 20.4 Å². The zero-order chi connectivity index (χ0) is 17.9. The molecule has 3 aromatic rings. The number of nitrogens with zero attached hydrogens (tertiary/aromatic N) is 5. The summed E-state index contributed by atoms with van der Waals surface area (Å²) in [5.41, 5.74) is 12.9. The van der Waals surface area contributed by atoms with Gasteiger partial charge in [-0.3, -0.25) is 0 Å². The molecule has 0 radical (unpaired) electrons. The Morgan fingerprint density at radius 3 is 3.00 bits per heavy atom. The molecule has 0 aliphatic carbocycles. The van der Waals surface area contributed by atoms with Gasteiger partial charge in [0, 0.05) is 24.3 Å². The fourth-order valence-corrected chi connectivity index (χ4v) is 2.84. The molecule has 134 valence electrons. The van der Waals surface area contributed by atoms with Gasteiger partial charge in [0.25, 0.3) is 0 Å². The van der Waals surface area contributed by atoms with Crippen LogP contribution in [0.1, 0.15) is 11.1 Å². The molecule has 0 amide bonds. The van der Waals surface area contributed by atoms with E-state index in [1.807, 2.05) is 25.1 Å². The van der Waals surface area contributed by atoms with Crippen LogP contribution >= 0.6 is 0 Å². The number of rotatable bonds is 4. The van der Waals surface area contributed by atoms with Crippen molar-refractivity contribution in [2.24, 2.45) is 5.10 Å². The molecule has 4 N–H and O–H groups in total. The molecule has 4 rings (SSSR count). The van der Waals surface area contributed by atoms with E-state index in [0.717, 1.165) is 35.6 Å². The Morgan fingerprint density at radius 1 is 1.31 bits per heavy atom.